The highest BCUT2D eigenvalue weighted by Crippen LogP contribution is 2.36. The molecule has 1 rings (SSSR count). The second kappa shape index (κ2) is 5.93. The van der Waals surface area contributed by atoms with Gasteiger partial charge >= 0.3 is 0 Å². The Balaban J connectivity index is 3.36. The van der Waals surface area contributed by atoms with Crippen molar-refractivity contribution in [3.05, 3.63) is 29.3 Å². The van der Waals surface area contributed by atoms with Gasteiger partial charge in [0.05, 0.1) is 0 Å². The number of nitrogens with two attached hydrogens (primary N) is 2. The van der Waals surface area contributed by atoms with E-state index < -0.39 is 5.54 Å². The third-order valence-corrected chi connectivity index (χ3v) is 4.63. The summed E-state index contributed by atoms with van der Waals surface area (Å²) < 4.78 is 0. The molecule has 0 fully saturated rings. The third kappa shape index (κ3) is 2.93. The second-order valence-electron chi connectivity index (χ2n) is 5.46. The van der Waals surface area contributed by atoms with Gasteiger partial charge in [-0.05, 0) is 43.4 Å². The molecule has 0 unspecified atom stereocenters. The van der Waals surface area contributed by atoms with Crippen molar-refractivity contribution < 1.29 is 5.11 Å². The standard InChI is InChI=1S/C16H28N2O/c1-5-15(17,6-2)12-9-10-14(19)13(11-12)16(18,7-3)8-4/h9-11,19H,5-8,17-18H2,1-4H3. The van der Waals surface area contributed by atoms with E-state index >= 15 is 0 Å². The summed E-state index contributed by atoms with van der Waals surface area (Å²) in [7, 11) is 0. The lowest BCUT2D eigenvalue weighted by molar-refractivity contribution is 0.373. The number of aromatic hydroxyl groups is 1. The maximum Gasteiger partial charge on any atom is 0.120 e. The zero-order valence-electron chi connectivity index (χ0n) is 12.7. The summed E-state index contributed by atoms with van der Waals surface area (Å²) in [5, 5.41) is 10.1. The minimum absolute atomic E-state index is 0.268. The van der Waals surface area contributed by atoms with E-state index in [9.17, 15) is 5.11 Å². The van der Waals surface area contributed by atoms with E-state index in [4.69, 9.17) is 11.5 Å². The lowest BCUT2D eigenvalue weighted by Gasteiger charge is -2.32. The van der Waals surface area contributed by atoms with Gasteiger partial charge in [0.15, 0.2) is 0 Å². The maximum absolute atomic E-state index is 10.1. The van der Waals surface area contributed by atoms with E-state index in [2.05, 4.69) is 13.8 Å². The summed E-state index contributed by atoms with van der Waals surface area (Å²) >= 11 is 0. The van der Waals surface area contributed by atoms with E-state index in [0.717, 1.165) is 36.8 Å². The van der Waals surface area contributed by atoms with Crippen LogP contribution in [0.3, 0.4) is 0 Å². The minimum atomic E-state index is -0.484. The first-order chi connectivity index (χ1) is 8.86. The molecule has 0 saturated carbocycles. The Hall–Kier alpha value is -1.06. The average Bonchev–Trinajstić information content (AvgIpc) is 2.46. The van der Waals surface area contributed by atoms with Gasteiger partial charge in [-0.1, -0.05) is 33.8 Å². The molecule has 3 nitrogen and oxygen atoms in total. The first-order valence-corrected chi connectivity index (χ1v) is 7.28. The fourth-order valence-corrected chi connectivity index (χ4v) is 2.53. The summed E-state index contributed by atoms with van der Waals surface area (Å²) in [4.78, 5) is 0. The Labute approximate surface area is 117 Å². The molecule has 0 aliphatic carbocycles. The largest absolute Gasteiger partial charge is 0.508 e. The molecule has 0 aliphatic heterocycles. The summed E-state index contributed by atoms with van der Waals surface area (Å²) in [6, 6.07) is 5.64. The molecule has 0 aliphatic rings. The van der Waals surface area contributed by atoms with Gasteiger partial charge in [0.2, 0.25) is 0 Å². The summed E-state index contributed by atoms with van der Waals surface area (Å²) in [6.45, 7) is 8.27. The average molecular weight is 264 g/mol. The van der Waals surface area contributed by atoms with E-state index in [1.165, 1.54) is 0 Å². The SMILES string of the molecule is CCC(N)(CC)c1ccc(O)c(C(N)(CC)CC)c1. The molecular formula is C16H28N2O. The van der Waals surface area contributed by atoms with E-state index in [1.807, 2.05) is 26.0 Å². The van der Waals surface area contributed by atoms with Gasteiger partial charge < -0.3 is 16.6 Å². The van der Waals surface area contributed by atoms with Gasteiger partial charge in [0.1, 0.15) is 5.75 Å². The molecular weight excluding hydrogens is 236 g/mol. The van der Waals surface area contributed by atoms with E-state index in [-0.39, 0.29) is 11.3 Å². The molecule has 0 radical (unpaired) electrons. The molecule has 0 spiro atoms. The van der Waals surface area contributed by atoms with Crippen LogP contribution in [0, 0.1) is 0 Å². The highest BCUT2D eigenvalue weighted by molar-refractivity contribution is 5.43. The molecule has 19 heavy (non-hydrogen) atoms. The minimum Gasteiger partial charge on any atom is -0.508 e. The quantitative estimate of drug-likeness (QED) is 0.738. The zero-order valence-corrected chi connectivity index (χ0v) is 12.7. The van der Waals surface area contributed by atoms with Crippen LogP contribution in [-0.4, -0.2) is 5.11 Å². The van der Waals surface area contributed by atoms with Gasteiger partial charge in [-0.25, -0.2) is 0 Å². The summed E-state index contributed by atoms with van der Waals surface area (Å²) in [5.74, 6) is 0.268. The molecule has 3 heteroatoms. The first kappa shape index (κ1) is 16.0. The van der Waals surface area contributed by atoms with E-state index in [1.54, 1.807) is 6.07 Å². The summed E-state index contributed by atoms with van der Waals surface area (Å²) in [6.07, 6.45) is 3.31. The van der Waals surface area contributed by atoms with Crippen molar-refractivity contribution >= 4 is 0 Å². The molecule has 5 N–H and O–H groups in total. The molecule has 0 atom stereocenters. The Kier molecular flexibility index (Phi) is 4.99. The number of phenols is 1. The molecule has 1 aromatic rings. The third-order valence-electron chi connectivity index (χ3n) is 4.63. The van der Waals surface area contributed by atoms with Gasteiger partial charge in [-0.3, -0.25) is 0 Å². The summed E-state index contributed by atoms with van der Waals surface area (Å²) in [5.41, 5.74) is 13.9. The van der Waals surface area contributed by atoms with Crippen molar-refractivity contribution in [1.29, 1.82) is 0 Å². The highest BCUT2D eigenvalue weighted by atomic mass is 16.3. The fourth-order valence-electron chi connectivity index (χ4n) is 2.53. The molecule has 1 aromatic carbocycles. The van der Waals surface area contributed by atoms with Crippen molar-refractivity contribution in [3.63, 3.8) is 0 Å². The van der Waals surface area contributed by atoms with Crippen LogP contribution in [0.2, 0.25) is 0 Å². The second-order valence-corrected chi connectivity index (χ2v) is 5.46. The zero-order chi connectivity index (χ0) is 14.7. The van der Waals surface area contributed by atoms with Crippen LogP contribution < -0.4 is 11.5 Å². The van der Waals surface area contributed by atoms with Gasteiger partial charge in [0, 0.05) is 16.6 Å². The highest BCUT2D eigenvalue weighted by Gasteiger charge is 2.29. The van der Waals surface area contributed by atoms with Crippen LogP contribution in [0.4, 0.5) is 0 Å². The molecule has 0 aromatic heterocycles. The smallest absolute Gasteiger partial charge is 0.120 e. The first-order valence-electron chi connectivity index (χ1n) is 7.28. The van der Waals surface area contributed by atoms with E-state index in [0.29, 0.717) is 0 Å². The number of phenolic OH excluding ortho intramolecular Hbond substituents is 1. The Morgan fingerprint density at radius 2 is 1.37 bits per heavy atom. The van der Waals surface area contributed by atoms with Crippen LogP contribution in [0.5, 0.6) is 5.75 Å². The van der Waals surface area contributed by atoms with Crippen LogP contribution in [0.1, 0.15) is 64.5 Å². The van der Waals surface area contributed by atoms with Crippen molar-refractivity contribution in [1.82, 2.24) is 0 Å². The van der Waals surface area contributed by atoms with Crippen LogP contribution in [0.25, 0.3) is 0 Å². The molecule has 0 amide bonds. The number of benzene rings is 1. The number of hydrogen-bond acceptors (Lipinski definition) is 3. The van der Waals surface area contributed by atoms with Gasteiger partial charge in [0.25, 0.3) is 0 Å². The Morgan fingerprint density at radius 1 is 0.895 bits per heavy atom. The Bertz CT molecular complexity index is 421. The topological polar surface area (TPSA) is 72.3 Å². The maximum atomic E-state index is 10.1. The van der Waals surface area contributed by atoms with Gasteiger partial charge in [-0.2, -0.15) is 0 Å². The van der Waals surface area contributed by atoms with Crippen molar-refractivity contribution in [2.24, 2.45) is 11.5 Å². The molecule has 0 saturated heterocycles. The number of hydrogen-bond donors (Lipinski definition) is 3. The molecule has 0 heterocycles. The van der Waals surface area contributed by atoms with Crippen molar-refractivity contribution in [2.45, 2.75) is 64.5 Å². The molecule has 0 bridgehead atoms. The predicted octanol–water partition coefficient (Wildman–Crippen LogP) is 3.34. The Morgan fingerprint density at radius 3 is 1.79 bits per heavy atom. The van der Waals surface area contributed by atoms with Crippen LogP contribution >= 0.6 is 0 Å². The van der Waals surface area contributed by atoms with Crippen LogP contribution in [-0.2, 0) is 11.1 Å². The van der Waals surface area contributed by atoms with Crippen molar-refractivity contribution in [3.8, 4) is 5.75 Å². The van der Waals surface area contributed by atoms with Crippen molar-refractivity contribution in [2.75, 3.05) is 0 Å². The molecule has 108 valence electrons. The number of rotatable bonds is 6. The monoisotopic (exact) mass is 264 g/mol. The lowest BCUT2D eigenvalue weighted by atomic mass is 9.80. The predicted molar refractivity (Wildman–Crippen MR) is 81.0 cm³/mol. The lowest BCUT2D eigenvalue weighted by Crippen LogP contribution is -2.38. The normalized spacial score (nSPS) is 12.7. The van der Waals surface area contributed by atoms with Gasteiger partial charge in [-0.15, -0.1) is 0 Å². The van der Waals surface area contributed by atoms with Crippen LogP contribution in [0.15, 0.2) is 18.2 Å². The fraction of sp³-hybridized carbons (Fsp3) is 0.625.